The first-order valence-corrected chi connectivity index (χ1v) is 9.75. The second kappa shape index (κ2) is 7.97. The molecule has 0 radical (unpaired) electrons. The van der Waals surface area contributed by atoms with E-state index in [-0.39, 0.29) is 11.7 Å². The lowest BCUT2D eigenvalue weighted by Crippen LogP contribution is -2.06. The third-order valence-electron chi connectivity index (χ3n) is 4.16. The van der Waals surface area contributed by atoms with Gasteiger partial charge >= 0.3 is 5.69 Å². The SMILES string of the molecule is C[C@@H](c1nnc(Nc2ccn(Cc3ccccc3Cl)n2)s1)n1cc([N+](=O)[O-])cn1. The number of nitro groups is 1. The number of hydrogen-bond donors (Lipinski definition) is 1. The van der Waals surface area contributed by atoms with Crippen LogP contribution in [-0.4, -0.2) is 34.7 Å². The molecule has 3 heterocycles. The van der Waals surface area contributed by atoms with Gasteiger partial charge in [-0.2, -0.15) is 10.2 Å². The Morgan fingerprint density at radius 2 is 2.14 bits per heavy atom. The first-order valence-electron chi connectivity index (χ1n) is 8.55. The van der Waals surface area contributed by atoms with E-state index >= 15 is 0 Å². The van der Waals surface area contributed by atoms with Gasteiger partial charge in [0.25, 0.3) is 0 Å². The Bertz CT molecular complexity index is 1150. The second-order valence-corrected chi connectivity index (χ2v) is 7.59. The fourth-order valence-corrected chi connectivity index (χ4v) is 3.62. The maximum atomic E-state index is 10.8. The van der Waals surface area contributed by atoms with Gasteiger partial charge in [-0.25, -0.2) is 0 Å². The first kappa shape index (κ1) is 19.0. The highest BCUT2D eigenvalue weighted by molar-refractivity contribution is 7.15. The van der Waals surface area contributed by atoms with E-state index in [1.807, 2.05) is 43.5 Å². The van der Waals surface area contributed by atoms with E-state index < -0.39 is 4.92 Å². The summed E-state index contributed by atoms with van der Waals surface area (Å²) in [6.07, 6.45) is 4.43. The van der Waals surface area contributed by atoms with Gasteiger partial charge in [0.05, 0.1) is 11.5 Å². The van der Waals surface area contributed by atoms with Gasteiger partial charge in [-0.3, -0.25) is 19.5 Å². The molecule has 1 aromatic carbocycles. The number of hydrogen-bond acceptors (Lipinski definition) is 8. The Morgan fingerprint density at radius 1 is 1.31 bits per heavy atom. The highest BCUT2D eigenvalue weighted by atomic mass is 35.5. The number of nitrogens with one attached hydrogen (secondary N) is 1. The van der Waals surface area contributed by atoms with E-state index in [2.05, 4.69) is 25.7 Å². The van der Waals surface area contributed by atoms with Crippen molar-refractivity contribution in [3.63, 3.8) is 0 Å². The Balaban J connectivity index is 1.43. The molecule has 29 heavy (non-hydrogen) atoms. The molecule has 1 atom stereocenters. The van der Waals surface area contributed by atoms with Crippen LogP contribution in [0, 0.1) is 10.1 Å². The quantitative estimate of drug-likeness (QED) is 0.349. The Kier molecular flexibility index (Phi) is 5.23. The van der Waals surface area contributed by atoms with Crippen LogP contribution >= 0.6 is 22.9 Å². The minimum Gasteiger partial charge on any atom is -0.313 e. The van der Waals surface area contributed by atoms with Crippen molar-refractivity contribution in [3.05, 3.63) is 74.6 Å². The molecule has 0 aliphatic rings. The van der Waals surface area contributed by atoms with Gasteiger partial charge in [0.2, 0.25) is 5.13 Å². The summed E-state index contributed by atoms with van der Waals surface area (Å²) in [5.41, 5.74) is 0.910. The zero-order valence-electron chi connectivity index (χ0n) is 15.1. The summed E-state index contributed by atoms with van der Waals surface area (Å²) in [6.45, 7) is 2.40. The zero-order valence-corrected chi connectivity index (χ0v) is 16.7. The zero-order chi connectivity index (χ0) is 20.4. The fourth-order valence-electron chi connectivity index (χ4n) is 2.63. The topological polar surface area (TPSA) is 117 Å². The van der Waals surface area contributed by atoms with Crippen LogP contribution in [0.1, 0.15) is 23.5 Å². The van der Waals surface area contributed by atoms with Crippen molar-refractivity contribution in [1.29, 1.82) is 0 Å². The van der Waals surface area contributed by atoms with Gasteiger partial charge in [0.15, 0.2) is 5.82 Å². The summed E-state index contributed by atoms with van der Waals surface area (Å²) in [4.78, 5) is 10.3. The molecule has 0 unspecified atom stereocenters. The van der Waals surface area contributed by atoms with Gasteiger partial charge in [0, 0.05) is 17.3 Å². The van der Waals surface area contributed by atoms with Crippen molar-refractivity contribution >= 4 is 39.6 Å². The molecule has 0 aliphatic carbocycles. The first-order chi connectivity index (χ1) is 14.0. The minimum atomic E-state index is -0.484. The molecule has 1 N–H and O–H groups in total. The monoisotopic (exact) mass is 430 g/mol. The lowest BCUT2D eigenvalue weighted by atomic mass is 10.2. The van der Waals surface area contributed by atoms with Crippen LogP contribution in [0.15, 0.2) is 48.9 Å². The van der Waals surface area contributed by atoms with Crippen LogP contribution in [0.2, 0.25) is 5.02 Å². The van der Waals surface area contributed by atoms with Crippen molar-refractivity contribution in [2.45, 2.75) is 19.5 Å². The van der Waals surface area contributed by atoms with Gasteiger partial charge in [-0.05, 0) is 18.6 Å². The van der Waals surface area contributed by atoms with Gasteiger partial charge in [-0.1, -0.05) is 41.1 Å². The van der Waals surface area contributed by atoms with E-state index in [0.717, 1.165) is 5.56 Å². The molecule has 10 nitrogen and oxygen atoms in total. The third-order valence-corrected chi connectivity index (χ3v) is 5.54. The van der Waals surface area contributed by atoms with E-state index in [9.17, 15) is 10.1 Å². The standard InChI is InChI=1S/C17H15ClN8O2S/c1-11(25-10-13(8-19-25)26(27)28)16-21-22-17(29-16)20-15-6-7-24(23-15)9-12-4-2-3-5-14(12)18/h2-8,10-11H,9H2,1H3,(H,20,22,23)/t11-/m0/s1. The van der Waals surface area contributed by atoms with Crippen molar-refractivity contribution in [3.8, 4) is 0 Å². The average molecular weight is 431 g/mol. The predicted octanol–water partition coefficient (Wildman–Crippen LogP) is 3.89. The molecular weight excluding hydrogens is 416 g/mol. The Morgan fingerprint density at radius 3 is 2.90 bits per heavy atom. The van der Waals surface area contributed by atoms with Gasteiger partial charge in [-0.15, -0.1) is 10.2 Å². The molecule has 148 valence electrons. The Hall–Kier alpha value is -3.31. The molecule has 3 aromatic heterocycles. The van der Waals surface area contributed by atoms with E-state index in [0.29, 0.717) is 27.5 Å². The molecular formula is C17H15ClN8O2S. The summed E-state index contributed by atoms with van der Waals surface area (Å²) in [7, 11) is 0. The smallest absolute Gasteiger partial charge is 0.307 e. The van der Waals surface area contributed by atoms with Gasteiger partial charge < -0.3 is 5.32 Å². The second-order valence-electron chi connectivity index (χ2n) is 6.17. The van der Waals surface area contributed by atoms with E-state index in [4.69, 9.17) is 11.6 Å². The number of halogens is 1. The molecule has 0 amide bonds. The molecule has 0 bridgehead atoms. The fraction of sp³-hybridized carbons (Fsp3) is 0.176. The largest absolute Gasteiger partial charge is 0.313 e. The summed E-state index contributed by atoms with van der Waals surface area (Å²) < 4.78 is 3.26. The van der Waals surface area contributed by atoms with Crippen LogP contribution in [-0.2, 0) is 6.54 Å². The number of anilines is 2. The highest BCUT2D eigenvalue weighted by Gasteiger charge is 2.18. The molecule has 0 aliphatic heterocycles. The van der Waals surface area contributed by atoms with Gasteiger partial charge in [0.1, 0.15) is 23.4 Å². The number of benzene rings is 1. The lowest BCUT2D eigenvalue weighted by molar-refractivity contribution is -0.385. The number of rotatable bonds is 7. The van der Waals surface area contributed by atoms with Crippen molar-refractivity contribution in [1.82, 2.24) is 29.8 Å². The van der Waals surface area contributed by atoms with E-state index in [1.54, 1.807) is 4.68 Å². The number of aromatic nitrogens is 6. The molecule has 4 aromatic rings. The number of nitrogens with zero attached hydrogens (tertiary/aromatic N) is 7. The van der Waals surface area contributed by atoms with Crippen LogP contribution in [0.5, 0.6) is 0 Å². The molecule has 0 saturated carbocycles. The molecule has 4 rings (SSSR count). The molecule has 0 spiro atoms. The van der Waals surface area contributed by atoms with Crippen molar-refractivity contribution in [2.75, 3.05) is 5.32 Å². The summed E-state index contributed by atoms with van der Waals surface area (Å²) in [5.74, 6) is 0.627. The molecule has 0 fully saturated rings. The molecule has 12 heteroatoms. The summed E-state index contributed by atoms with van der Waals surface area (Å²) >= 11 is 7.52. The summed E-state index contributed by atoms with van der Waals surface area (Å²) in [6, 6.07) is 9.17. The minimum absolute atomic E-state index is 0.0660. The van der Waals surface area contributed by atoms with Crippen LogP contribution in [0.3, 0.4) is 0 Å². The van der Waals surface area contributed by atoms with Crippen molar-refractivity contribution < 1.29 is 4.92 Å². The molecule has 0 saturated heterocycles. The van der Waals surface area contributed by atoms with Crippen LogP contribution < -0.4 is 5.32 Å². The van der Waals surface area contributed by atoms with Crippen LogP contribution in [0.4, 0.5) is 16.6 Å². The van der Waals surface area contributed by atoms with Crippen LogP contribution in [0.25, 0.3) is 0 Å². The van der Waals surface area contributed by atoms with Crippen molar-refractivity contribution in [2.24, 2.45) is 0 Å². The maximum absolute atomic E-state index is 10.8. The lowest BCUT2D eigenvalue weighted by Gasteiger charge is -2.06. The third kappa shape index (κ3) is 4.25. The van der Waals surface area contributed by atoms with E-state index in [1.165, 1.54) is 28.4 Å². The normalized spacial score (nSPS) is 12.1. The maximum Gasteiger partial charge on any atom is 0.307 e. The Labute approximate surface area is 173 Å². The average Bonchev–Trinajstić information content (AvgIpc) is 3.44. The highest BCUT2D eigenvalue weighted by Crippen LogP contribution is 2.27. The summed E-state index contributed by atoms with van der Waals surface area (Å²) in [5, 5.41) is 32.6. The predicted molar refractivity (Wildman–Crippen MR) is 109 cm³/mol.